The Balaban J connectivity index is 6.62. The lowest BCUT2D eigenvalue weighted by Gasteiger charge is -2.44. The van der Waals surface area contributed by atoms with Crippen molar-refractivity contribution in [3.63, 3.8) is 0 Å². The van der Waals surface area contributed by atoms with E-state index in [1.807, 2.05) is 0 Å². The molecule has 0 fully saturated rings. The van der Waals surface area contributed by atoms with Gasteiger partial charge >= 0.3 is 41.8 Å². The lowest BCUT2D eigenvalue weighted by atomic mass is 10.5. The molecule has 0 bridgehead atoms. The SMILES string of the molecule is C[SiH2]O[Si](CCC(F)(F)F)(CCC(F)(F)F)O[Si](CCC(F)(F)F)(CCC(F)(F)F)O[Si](C)(C)C. The maximum atomic E-state index is 13.1. The van der Waals surface area contributed by atoms with Crippen molar-refractivity contribution in [2.24, 2.45) is 0 Å². The average Bonchev–Trinajstić information content (AvgIpc) is 2.58. The molecule has 3 nitrogen and oxygen atoms in total. The van der Waals surface area contributed by atoms with E-state index in [0.29, 0.717) is 0 Å². The maximum absolute atomic E-state index is 13.1. The average molecular weight is 611 g/mol. The van der Waals surface area contributed by atoms with Crippen molar-refractivity contribution in [2.45, 2.75) is 101 Å². The Bertz CT molecular complexity index is 594. The van der Waals surface area contributed by atoms with Gasteiger partial charge in [-0.1, -0.05) is 6.55 Å². The normalized spacial score (nSPS) is 15.4. The van der Waals surface area contributed by atoms with Crippen LogP contribution in [0.2, 0.25) is 50.4 Å². The number of alkyl halides is 12. The largest absolute Gasteiger partial charge is 0.442 e. The summed E-state index contributed by atoms with van der Waals surface area (Å²) in [7, 11) is -14.0. The van der Waals surface area contributed by atoms with E-state index in [0.717, 1.165) is 0 Å². The third kappa shape index (κ3) is 17.9. The highest BCUT2D eigenvalue weighted by molar-refractivity contribution is 6.88. The Morgan fingerprint density at radius 3 is 1.03 bits per heavy atom. The third-order valence-corrected chi connectivity index (χ3v) is 18.6. The van der Waals surface area contributed by atoms with E-state index >= 15 is 0 Å². The fourth-order valence-corrected chi connectivity index (χ4v) is 20.6. The molecule has 0 aromatic carbocycles. The van der Waals surface area contributed by atoms with Gasteiger partial charge in [0.2, 0.25) is 0 Å². The number of halogens is 12. The highest BCUT2D eigenvalue weighted by Crippen LogP contribution is 2.41. The summed E-state index contributed by atoms with van der Waals surface area (Å²) in [4.78, 5) is 0. The van der Waals surface area contributed by atoms with Crippen molar-refractivity contribution < 1.29 is 65.0 Å². The molecular weight excluding hydrogens is 580 g/mol. The molecule has 0 aromatic rings. The first-order valence-electron chi connectivity index (χ1n) is 10.6. The third-order valence-electron chi connectivity index (χ3n) is 4.43. The van der Waals surface area contributed by atoms with Crippen LogP contribution in [0.3, 0.4) is 0 Å². The predicted molar refractivity (Wildman–Crippen MR) is 114 cm³/mol. The molecule has 0 spiro atoms. The molecule has 212 valence electrons. The van der Waals surface area contributed by atoms with Crippen LogP contribution in [0.1, 0.15) is 25.7 Å². The van der Waals surface area contributed by atoms with Crippen LogP contribution in [0.4, 0.5) is 52.7 Å². The van der Waals surface area contributed by atoms with Crippen molar-refractivity contribution in [2.75, 3.05) is 0 Å². The van der Waals surface area contributed by atoms with Gasteiger partial charge in [0, 0.05) is 25.7 Å². The first kappa shape index (κ1) is 34.9. The van der Waals surface area contributed by atoms with Crippen LogP contribution in [0, 0.1) is 0 Å². The second kappa shape index (κ2) is 12.6. The van der Waals surface area contributed by atoms with Crippen molar-refractivity contribution in [1.29, 1.82) is 0 Å². The Kier molecular flexibility index (Phi) is 12.6. The summed E-state index contributed by atoms with van der Waals surface area (Å²) in [5, 5.41) is 0. The Morgan fingerprint density at radius 1 is 0.514 bits per heavy atom. The highest BCUT2D eigenvalue weighted by atomic mass is 28.5. The summed E-state index contributed by atoms with van der Waals surface area (Å²) < 4.78 is 173. The van der Waals surface area contributed by atoms with E-state index in [1.165, 1.54) is 26.2 Å². The summed E-state index contributed by atoms with van der Waals surface area (Å²) >= 11 is 0. The molecule has 0 radical (unpaired) electrons. The topological polar surface area (TPSA) is 27.7 Å². The van der Waals surface area contributed by atoms with Crippen LogP contribution < -0.4 is 0 Å². The summed E-state index contributed by atoms with van der Waals surface area (Å²) in [6, 6.07) is -4.37. The minimum atomic E-state index is -4.87. The fraction of sp³-hybridized carbons (Fsp3) is 1.00. The lowest BCUT2D eigenvalue weighted by molar-refractivity contribution is -0.133. The van der Waals surface area contributed by atoms with E-state index in [9.17, 15) is 52.7 Å². The zero-order valence-corrected chi connectivity index (χ0v) is 24.0. The Hall–Kier alpha value is -0.0925. The number of hydrogen-bond acceptors (Lipinski definition) is 3. The van der Waals surface area contributed by atoms with E-state index in [2.05, 4.69) is 0 Å². The van der Waals surface area contributed by atoms with Crippen molar-refractivity contribution >= 4 is 35.2 Å². The van der Waals surface area contributed by atoms with Crippen molar-refractivity contribution in [1.82, 2.24) is 0 Å². The van der Waals surface area contributed by atoms with Crippen molar-refractivity contribution in [3.8, 4) is 0 Å². The van der Waals surface area contributed by atoms with Gasteiger partial charge in [0.1, 0.15) is 9.76 Å². The van der Waals surface area contributed by atoms with Gasteiger partial charge in [0.05, 0.1) is 0 Å². The monoisotopic (exact) mass is 610 g/mol. The summed E-state index contributed by atoms with van der Waals surface area (Å²) in [5.41, 5.74) is 0. The molecule has 0 saturated heterocycles. The quantitative estimate of drug-likeness (QED) is 0.149. The van der Waals surface area contributed by atoms with Crippen LogP contribution in [-0.4, -0.2) is 59.9 Å². The molecule has 0 heterocycles. The molecule has 0 aliphatic rings. The molecule has 0 aliphatic heterocycles. The minimum Gasteiger partial charge on any atom is -0.442 e. The zero-order valence-electron chi connectivity index (χ0n) is 19.6. The molecule has 0 aliphatic carbocycles. The lowest BCUT2D eigenvalue weighted by Crippen LogP contribution is -2.59. The maximum Gasteiger partial charge on any atom is 0.389 e. The molecule has 0 rings (SSSR count). The molecule has 0 amide bonds. The van der Waals surface area contributed by atoms with E-state index < -0.39 is 110 Å². The second-order valence-corrected chi connectivity index (χ2v) is 22.3. The van der Waals surface area contributed by atoms with Crippen molar-refractivity contribution in [3.05, 3.63) is 0 Å². The van der Waals surface area contributed by atoms with Gasteiger partial charge in [-0.05, 0) is 43.8 Å². The van der Waals surface area contributed by atoms with Crippen LogP contribution >= 0.6 is 0 Å². The standard InChI is InChI=1S/C16H30F12O3Si4/c1-32-29-34(9-5-13(17,18)19,10-6-14(20,21)22)31-35(30-33(2,3)4,11-7-15(23,24)25)12-8-16(26,27)28/h5-12,32H2,1-4H3. The van der Waals surface area contributed by atoms with Gasteiger partial charge in [-0.2, -0.15) is 52.7 Å². The van der Waals surface area contributed by atoms with Gasteiger partial charge in [-0.15, -0.1) is 0 Å². The number of rotatable bonds is 14. The smallest absolute Gasteiger partial charge is 0.389 e. The zero-order chi connectivity index (χ0) is 28.0. The minimum absolute atomic E-state index is 1.09. The predicted octanol–water partition coefficient (Wildman–Crippen LogP) is 7.70. The molecule has 0 N–H and O–H groups in total. The molecule has 19 heteroatoms. The van der Waals surface area contributed by atoms with E-state index in [-0.39, 0.29) is 0 Å². The van der Waals surface area contributed by atoms with Crippen LogP contribution in [0.5, 0.6) is 0 Å². The first-order chi connectivity index (χ1) is 15.3. The first-order valence-corrected chi connectivity index (χ1v) is 20.5. The molecule has 0 aromatic heterocycles. The van der Waals surface area contributed by atoms with Crippen LogP contribution in [0.25, 0.3) is 0 Å². The van der Waals surface area contributed by atoms with Gasteiger partial charge in [0.25, 0.3) is 0 Å². The fourth-order valence-electron chi connectivity index (χ4n) is 3.24. The van der Waals surface area contributed by atoms with Gasteiger partial charge in [0.15, 0.2) is 8.32 Å². The van der Waals surface area contributed by atoms with Gasteiger partial charge in [-0.25, -0.2) is 0 Å². The van der Waals surface area contributed by atoms with E-state index in [4.69, 9.17) is 12.3 Å². The summed E-state index contributed by atoms with van der Waals surface area (Å²) in [6.45, 7) is 5.68. The Labute approximate surface area is 201 Å². The number of hydrogen-bond donors (Lipinski definition) is 0. The molecular formula is C16H30F12O3Si4. The molecule has 35 heavy (non-hydrogen) atoms. The molecule has 0 atom stereocenters. The van der Waals surface area contributed by atoms with Gasteiger partial charge in [-0.3, -0.25) is 0 Å². The van der Waals surface area contributed by atoms with E-state index in [1.54, 1.807) is 0 Å². The molecule has 0 saturated carbocycles. The Morgan fingerprint density at radius 2 is 0.800 bits per heavy atom. The van der Waals surface area contributed by atoms with Crippen LogP contribution in [0.15, 0.2) is 0 Å². The van der Waals surface area contributed by atoms with Crippen LogP contribution in [-0.2, 0) is 12.3 Å². The highest BCUT2D eigenvalue weighted by Gasteiger charge is 2.54. The summed E-state index contributed by atoms with van der Waals surface area (Å²) in [5.74, 6) is 0. The second-order valence-electron chi connectivity index (χ2n) is 9.03. The summed E-state index contributed by atoms with van der Waals surface area (Å²) in [6.07, 6.45) is -26.1. The molecule has 0 unspecified atom stereocenters. The van der Waals surface area contributed by atoms with Gasteiger partial charge < -0.3 is 12.3 Å².